The van der Waals surface area contributed by atoms with Gasteiger partial charge in [0.1, 0.15) is 0 Å². The van der Waals surface area contributed by atoms with Gasteiger partial charge in [-0.2, -0.15) is 0 Å². The summed E-state index contributed by atoms with van der Waals surface area (Å²) in [5, 5.41) is 12.9. The highest BCUT2D eigenvalue weighted by Gasteiger charge is 2.22. The van der Waals surface area contributed by atoms with Gasteiger partial charge in [0, 0.05) is 23.2 Å². The van der Waals surface area contributed by atoms with Gasteiger partial charge < -0.3 is 15.3 Å². The number of hydrogen-bond acceptors (Lipinski definition) is 3. The highest BCUT2D eigenvalue weighted by molar-refractivity contribution is 9.10. The van der Waals surface area contributed by atoms with Crippen LogP contribution in [0.5, 0.6) is 0 Å². The van der Waals surface area contributed by atoms with Gasteiger partial charge in [-0.05, 0) is 37.6 Å². The second-order valence-corrected chi connectivity index (χ2v) is 6.10. The van der Waals surface area contributed by atoms with Crippen molar-refractivity contribution in [3.63, 3.8) is 0 Å². The Bertz CT molecular complexity index is 411. The molecule has 1 aliphatic rings. The van der Waals surface area contributed by atoms with Crippen molar-refractivity contribution in [2.75, 3.05) is 25.1 Å². The Kier molecular flexibility index (Phi) is 5.67. The summed E-state index contributed by atoms with van der Waals surface area (Å²) < 4.78 is 1.10. The van der Waals surface area contributed by atoms with E-state index in [1.807, 2.05) is 7.05 Å². The van der Waals surface area contributed by atoms with Crippen molar-refractivity contribution in [3.05, 3.63) is 28.2 Å². The summed E-state index contributed by atoms with van der Waals surface area (Å²) in [5.41, 5.74) is 2.55. The van der Waals surface area contributed by atoms with Crippen LogP contribution < -0.4 is 10.2 Å². The summed E-state index contributed by atoms with van der Waals surface area (Å²) in [4.78, 5) is 2.39. The molecular weight excluding hydrogens is 304 g/mol. The van der Waals surface area contributed by atoms with Gasteiger partial charge in [0.05, 0.1) is 12.6 Å². The molecule has 1 saturated heterocycles. The van der Waals surface area contributed by atoms with Crippen LogP contribution in [0.1, 0.15) is 31.2 Å². The Morgan fingerprint density at radius 2 is 2.21 bits per heavy atom. The topological polar surface area (TPSA) is 35.5 Å². The van der Waals surface area contributed by atoms with Crippen LogP contribution in [0.25, 0.3) is 0 Å². The number of aliphatic hydroxyl groups is 1. The first-order valence-electron chi connectivity index (χ1n) is 7.06. The zero-order chi connectivity index (χ0) is 13.7. The zero-order valence-electron chi connectivity index (χ0n) is 11.5. The van der Waals surface area contributed by atoms with Crippen molar-refractivity contribution < 1.29 is 5.11 Å². The molecule has 0 saturated carbocycles. The van der Waals surface area contributed by atoms with Gasteiger partial charge in [0.25, 0.3) is 0 Å². The maximum Gasteiger partial charge on any atom is 0.0635 e. The minimum Gasteiger partial charge on any atom is -0.394 e. The van der Waals surface area contributed by atoms with Gasteiger partial charge in [-0.1, -0.05) is 34.8 Å². The number of rotatable bonds is 4. The number of benzene rings is 1. The maximum atomic E-state index is 9.67. The molecule has 19 heavy (non-hydrogen) atoms. The van der Waals surface area contributed by atoms with Crippen LogP contribution in [0.2, 0.25) is 0 Å². The van der Waals surface area contributed by atoms with E-state index in [2.05, 4.69) is 44.3 Å². The fraction of sp³-hybridized carbons (Fsp3) is 0.600. The average Bonchev–Trinajstić information content (AvgIpc) is 2.66. The zero-order valence-corrected chi connectivity index (χ0v) is 13.1. The Balaban J connectivity index is 2.33. The lowest BCUT2D eigenvalue weighted by Crippen LogP contribution is -2.38. The van der Waals surface area contributed by atoms with E-state index in [1.54, 1.807) is 0 Å². The second-order valence-electron chi connectivity index (χ2n) is 5.18. The summed E-state index contributed by atoms with van der Waals surface area (Å²) in [5.74, 6) is 0. The number of nitrogens with zero attached hydrogens (tertiary/aromatic N) is 1. The molecule has 1 heterocycles. The van der Waals surface area contributed by atoms with E-state index < -0.39 is 0 Å². The standard InChI is InChI=1S/C15H23BrN2O/c1-17-10-12-6-7-13(16)9-15(12)18-8-4-2-3-5-14(18)11-19/h6-7,9,14,17,19H,2-5,8,10-11H2,1H3. The van der Waals surface area contributed by atoms with Gasteiger partial charge in [0.15, 0.2) is 0 Å². The minimum absolute atomic E-state index is 0.242. The third-order valence-electron chi connectivity index (χ3n) is 3.81. The van der Waals surface area contributed by atoms with Crippen LogP contribution in [0.4, 0.5) is 5.69 Å². The summed E-state index contributed by atoms with van der Waals surface area (Å²) in [6.45, 7) is 2.14. The summed E-state index contributed by atoms with van der Waals surface area (Å²) in [6.07, 6.45) is 4.78. The average molecular weight is 327 g/mol. The lowest BCUT2D eigenvalue weighted by Gasteiger charge is -2.32. The van der Waals surface area contributed by atoms with Gasteiger partial charge in [-0.15, -0.1) is 0 Å². The monoisotopic (exact) mass is 326 g/mol. The summed E-state index contributed by atoms with van der Waals surface area (Å²) in [7, 11) is 1.97. The predicted octanol–water partition coefficient (Wildman–Crippen LogP) is 2.91. The van der Waals surface area contributed by atoms with Crippen molar-refractivity contribution in [2.24, 2.45) is 0 Å². The van der Waals surface area contributed by atoms with Crippen LogP contribution in [-0.4, -0.2) is 31.3 Å². The number of nitrogens with one attached hydrogen (secondary N) is 1. The minimum atomic E-state index is 0.242. The van der Waals surface area contributed by atoms with Crippen LogP contribution in [0.3, 0.4) is 0 Å². The highest BCUT2D eigenvalue weighted by Crippen LogP contribution is 2.30. The van der Waals surface area contributed by atoms with Gasteiger partial charge in [0.2, 0.25) is 0 Å². The molecule has 0 amide bonds. The SMILES string of the molecule is CNCc1ccc(Br)cc1N1CCCCCC1CO. The normalized spacial score (nSPS) is 20.4. The van der Waals surface area contributed by atoms with E-state index in [4.69, 9.17) is 0 Å². The van der Waals surface area contributed by atoms with E-state index in [0.29, 0.717) is 0 Å². The van der Waals surface area contributed by atoms with Crippen molar-refractivity contribution in [3.8, 4) is 0 Å². The molecule has 1 fully saturated rings. The number of halogens is 1. The lowest BCUT2D eigenvalue weighted by atomic mass is 10.1. The van der Waals surface area contributed by atoms with Crippen molar-refractivity contribution in [1.82, 2.24) is 5.32 Å². The molecule has 0 spiro atoms. The Hall–Kier alpha value is -0.580. The number of aliphatic hydroxyl groups excluding tert-OH is 1. The molecule has 3 nitrogen and oxygen atoms in total. The first kappa shape index (κ1) is 14.8. The van der Waals surface area contributed by atoms with Crippen molar-refractivity contribution >= 4 is 21.6 Å². The Morgan fingerprint density at radius 3 is 2.95 bits per heavy atom. The van der Waals surface area contributed by atoms with E-state index >= 15 is 0 Å². The van der Waals surface area contributed by atoms with E-state index in [0.717, 1.165) is 24.0 Å². The Morgan fingerprint density at radius 1 is 1.37 bits per heavy atom. The van der Waals surface area contributed by atoms with Crippen LogP contribution in [0.15, 0.2) is 22.7 Å². The maximum absolute atomic E-state index is 9.67. The highest BCUT2D eigenvalue weighted by atomic mass is 79.9. The molecule has 0 aliphatic carbocycles. The lowest BCUT2D eigenvalue weighted by molar-refractivity contribution is 0.255. The third-order valence-corrected chi connectivity index (χ3v) is 4.31. The van der Waals surface area contributed by atoms with Gasteiger partial charge in [-0.25, -0.2) is 0 Å². The first-order valence-corrected chi connectivity index (χ1v) is 7.86. The molecule has 0 aromatic heterocycles. The number of anilines is 1. The Labute approximate surface area is 124 Å². The molecule has 0 radical (unpaired) electrons. The van der Waals surface area contributed by atoms with Crippen LogP contribution in [-0.2, 0) is 6.54 Å². The molecule has 4 heteroatoms. The third kappa shape index (κ3) is 3.71. The molecule has 106 valence electrons. The largest absolute Gasteiger partial charge is 0.394 e. The molecule has 0 bridgehead atoms. The molecule has 1 atom stereocenters. The molecular formula is C15H23BrN2O. The fourth-order valence-corrected chi connectivity index (χ4v) is 3.18. The first-order chi connectivity index (χ1) is 9.26. The van der Waals surface area contributed by atoms with Gasteiger partial charge in [-0.3, -0.25) is 0 Å². The smallest absolute Gasteiger partial charge is 0.0635 e. The quantitative estimate of drug-likeness (QED) is 0.893. The van der Waals surface area contributed by atoms with E-state index in [1.165, 1.54) is 30.5 Å². The van der Waals surface area contributed by atoms with Crippen LogP contribution >= 0.6 is 15.9 Å². The molecule has 1 aromatic rings. The molecule has 2 N–H and O–H groups in total. The molecule has 1 unspecified atom stereocenters. The fourth-order valence-electron chi connectivity index (χ4n) is 2.83. The predicted molar refractivity (Wildman–Crippen MR) is 83.6 cm³/mol. The molecule has 2 rings (SSSR count). The second kappa shape index (κ2) is 7.27. The summed E-state index contributed by atoms with van der Waals surface area (Å²) in [6, 6.07) is 6.69. The van der Waals surface area contributed by atoms with Crippen molar-refractivity contribution in [1.29, 1.82) is 0 Å². The van der Waals surface area contributed by atoms with Crippen LogP contribution in [0, 0.1) is 0 Å². The molecule has 1 aromatic carbocycles. The van der Waals surface area contributed by atoms with E-state index in [9.17, 15) is 5.11 Å². The van der Waals surface area contributed by atoms with Gasteiger partial charge >= 0.3 is 0 Å². The molecule has 1 aliphatic heterocycles. The van der Waals surface area contributed by atoms with E-state index in [-0.39, 0.29) is 12.6 Å². The number of hydrogen-bond donors (Lipinski definition) is 2. The summed E-state index contributed by atoms with van der Waals surface area (Å²) >= 11 is 3.57. The van der Waals surface area contributed by atoms with Crippen molar-refractivity contribution in [2.45, 2.75) is 38.3 Å².